The van der Waals surface area contributed by atoms with E-state index in [4.69, 9.17) is 4.74 Å². The normalized spacial score (nSPS) is 7.38. The summed E-state index contributed by atoms with van der Waals surface area (Å²) in [7, 11) is 1.57. The third-order valence-electron chi connectivity index (χ3n) is 1.15. The fourth-order valence-electron chi connectivity index (χ4n) is 0.581. The van der Waals surface area contributed by atoms with Crippen molar-refractivity contribution in [2.45, 2.75) is 20.8 Å². The van der Waals surface area contributed by atoms with Crippen LogP contribution in [0.25, 0.3) is 0 Å². The van der Waals surface area contributed by atoms with E-state index in [1.54, 1.807) is 19.5 Å². The van der Waals surface area contributed by atoms with Gasteiger partial charge in [0.05, 0.1) is 13.3 Å². The van der Waals surface area contributed by atoms with Crippen molar-refractivity contribution < 1.29 is 62.9 Å². The summed E-state index contributed by atoms with van der Waals surface area (Å²) in [5.41, 5.74) is 0.862. The molecule has 1 heterocycles. The molecule has 0 aliphatic heterocycles. The minimum atomic E-state index is 0. The van der Waals surface area contributed by atoms with E-state index in [1.165, 1.54) is 0 Å². The fraction of sp³-hybridized carbons (Fsp3) is 0.444. The maximum Gasteiger partial charge on any atom is 1.00 e. The Bertz CT molecular complexity index is 178. The van der Waals surface area contributed by atoms with Gasteiger partial charge < -0.3 is 9.72 Å². The molecule has 0 N–H and O–H groups in total. The number of nitrogens with zero attached hydrogens (tertiary/aromatic N) is 2. The van der Waals surface area contributed by atoms with Crippen LogP contribution in [0.5, 0.6) is 5.88 Å². The van der Waals surface area contributed by atoms with Crippen molar-refractivity contribution in [1.29, 1.82) is 0 Å². The number of ether oxygens (including phenoxy) is 1. The summed E-state index contributed by atoms with van der Waals surface area (Å²) in [4.78, 5) is 7.98. The van der Waals surface area contributed by atoms with Gasteiger partial charge in [-0.05, 0) is 0 Å². The zero-order valence-corrected chi connectivity index (χ0v) is 14.0. The predicted molar refractivity (Wildman–Crippen MR) is 49.0 cm³/mol. The average Bonchev–Trinajstić information content (AvgIpc) is 2.21. The minimum absolute atomic E-state index is 0. The van der Waals surface area contributed by atoms with Gasteiger partial charge in [0, 0.05) is 0 Å². The Morgan fingerprint density at radius 2 is 1.85 bits per heavy atom. The van der Waals surface area contributed by atoms with Gasteiger partial charge in [0.2, 0.25) is 5.88 Å². The Labute approximate surface area is 129 Å². The molecule has 0 aromatic carbocycles. The molecule has 0 aliphatic rings. The van der Waals surface area contributed by atoms with E-state index in [2.05, 4.69) is 9.97 Å². The number of methoxy groups -OCH3 is 1. The first kappa shape index (κ1) is 16.0. The van der Waals surface area contributed by atoms with Crippen molar-refractivity contribution in [3.8, 4) is 5.88 Å². The molecular formula is C9H15N2ORb. The quantitative estimate of drug-likeness (QED) is 0.639. The van der Waals surface area contributed by atoms with Crippen molar-refractivity contribution in [3.05, 3.63) is 24.5 Å². The van der Waals surface area contributed by atoms with Crippen LogP contribution < -0.4 is 62.9 Å². The average molecular weight is 253 g/mol. The molecule has 0 radical (unpaired) electrons. The van der Waals surface area contributed by atoms with Crippen LogP contribution in [0.4, 0.5) is 0 Å². The van der Waals surface area contributed by atoms with Crippen LogP contribution in [-0.4, -0.2) is 17.1 Å². The molecule has 0 spiro atoms. The van der Waals surface area contributed by atoms with Crippen molar-refractivity contribution in [2.24, 2.45) is 0 Å². The molecule has 0 amide bonds. The van der Waals surface area contributed by atoms with Crippen LogP contribution in [0.1, 0.15) is 26.5 Å². The first-order valence-electron chi connectivity index (χ1n) is 4.02. The van der Waals surface area contributed by atoms with Gasteiger partial charge in [-0.15, -0.1) is 6.92 Å². The maximum absolute atomic E-state index is 4.83. The number of hydrogen-bond donors (Lipinski definition) is 0. The smallest absolute Gasteiger partial charge is 0.481 e. The number of rotatable bonds is 2. The number of hydrogen-bond acceptors (Lipinski definition) is 3. The third kappa shape index (κ3) is 6.60. The van der Waals surface area contributed by atoms with Crippen molar-refractivity contribution in [3.63, 3.8) is 0 Å². The maximum atomic E-state index is 4.83. The summed E-state index contributed by atoms with van der Waals surface area (Å²) in [6.45, 7) is 5.91. The fourth-order valence-corrected chi connectivity index (χ4v) is 0.581. The summed E-state index contributed by atoms with van der Waals surface area (Å²) in [5.74, 6) is 0.547. The van der Waals surface area contributed by atoms with Crippen LogP contribution in [0, 0.1) is 6.42 Å². The summed E-state index contributed by atoms with van der Waals surface area (Å²) >= 11 is 0. The molecule has 0 saturated carbocycles. The molecule has 68 valence electrons. The number of aromatic nitrogens is 2. The van der Waals surface area contributed by atoms with Gasteiger partial charge in [-0.3, -0.25) is 4.98 Å². The van der Waals surface area contributed by atoms with Gasteiger partial charge in [-0.2, -0.15) is 0 Å². The van der Waals surface area contributed by atoms with E-state index in [1.807, 2.05) is 27.2 Å². The van der Waals surface area contributed by atoms with E-state index >= 15 is 0 Å². The van der Waals surface area contributed by atoms with Gasteiger partial charge >= 0.3 is 58.2 Å². The van der Waals surface area contributed by atoms with Crippen LogP contribution in [0.3, 0.4) is 0 Å². The molecule has 0 fully saturated rings. The summed E-state index contributed by atoms with van der Waals surface area (Å²) in [5, 5.41) is 0. The Kier molecular flexibility index (Phi) is 13.1. The van der Waals surface area contributed by atoms with E-state index in [0.29, 0.717) is 5.88 Å². The zero-order chi connectivity index (χ0) is 9.40. The Morgan fingerprint density at radius 3 is 2.15 bits per heavy atom. The molecule has 0 aliphatic carbocycles. The second kappa shape index (κ2) is 10.6. The summed E-state index contributed by atoms with van der Waals surface area (Å²) < 4.78 is 4.83. The van der Waals surface area contributed by atoms with Gasteiger partial charge in [-0.25, -0.2) is 6.42 Å². The van der Waals surface area contributed by atoms with Gasteiger partial charge in [0.15, 0.2) is 0 Å². The first-order valence-corrected chi connectivity index (χ1v) is 4.02. The van der Waals surface area contributed by atoms with Crippen molar-refractivity contribution in [2.75, 3.05) is 7.11 Å². The molecule has 0 saturated heterocycles. The second-order valence-corrected chi connectivity index (χ2v) is 1.77. The minimum Gasteiger partial charge on any atom is -0.481 e. The van der Waals surface area contributed by atoms with Gasteiger partial charge in [0.25, 0.3) is 0 Å². The Morgan fingerprint density at radius 1 is 1.23 bits per heavy atom. The molecular weight excluding hydrogens is 238 g/mol. The standard InChI is InChI=1S/C7H9N2O.C2H6.Rb/c1-3-6-4-9-7(10-2)5-8-6;1-2;/h3-5H,1-2H3;1-2H3;/q-1;;+1. The Hall–Kier alpha value is 0.555. The van der Waals surface area contributed by atoms with Crippen LogP contribution in [-0.2, 0) is 0 Å². The molecule has 3 nitrogen and oxygen atoms in total. The summed E-state index contributed by atoms with van der Waals surface area (Å²) in [6, 6.07) is 0. The molecule has 1 aromatic rings. The van der Waals surface area contributed by atoms with Crippen LogP contribution in [0.15, 0.2) is 12.4 Å². The summed E-state index contributed by atoms with van der Waals surface area (Å²) in [6.07, 6.45) is 5.14. The van der Waals surface area contributed by atoms with E-state index in [9.17, 15) is 0 Å². The van der Waals surface area contributed by atoms with E-state index in [0.717, 1.165) is 5.69 Å². The second-order valence-electron chi connectivity index (χ2n) is 1.77. The predicted octanol–water partition coefficient (Wildman–Crippen LogP) is -0.912. The molecule has 0 unspecified atom stereocenters. The molecule has 4 heteroatoms. The van der Waals surface area contributed by atoms with Gasteiger partial charge in [-0.1, -0.05) is 25.7 Å². The zero-order valence-electron chi connectivity index (χ0n) is 9.03. The van der Waals surface area contributed by atoms with Crippen molar-refractivity contribution >= 4 is 0 Å². The van der Waals surface area contributed by atoms with Crippen molar-refractivity contribution in [1.82, 2.24) is 9.97 Å². The molecule has 0 atom stereocenters. The van der Waals surface area contributed by atoms with Gasteiger partial charge in [0.1, 0.15) is 0 Å². The monoisotopic (exact) mass is 252 g/mol. The van der Waals surface area contributed by atoms with Crippen LogP contribution in [0.2, 0.25) is 0 Å². The molecule has 1 rings (SSSR count). The molecule has 1 aromatic heterocycles. The SMILES string of the molecule is CC.C[CH-]c1cnc(OC)cn1.[Rb+]. The Balaban J connectivity index is 0. The van der Waals surface area contributed by atoms with E-state index < -0.39 is 0 Å². The van der Waals surface area contributed by atoms with Crippen LogP contribution >= 0.6 is 0 Å². The largest absolute Gasteiger partial charge is 1.00 e. The molecule has 13 heavy (non-hydrogen) atoms. The topological polar surface area (TPSA) is 35.0 Å². The molecule has 0 bridgehead atoms. The first-order chi connectivity index (χ1) is 5.86. The van der Waals surface area contributed by atoms with E-state index in [-0.39, 0.29) is 58.2 Å². The third-order valence-corrected chi connectivity index (χ3v) is 1.15.